The van der Waals surface area contributed by atoms with Gasteiger partial charge in [-0.25, -0.2) is 4.98 Å². The molecule has 0 aliphatic rings. The summed E-state index contributed by atoms with van der Waals surface area (Å²) in [6, 6.07) is 0. The quantitative estimate of drug-likeness (QED) is 0.517. The summed E-state index contributed by atoms with van der Waals surface area (Å²) in [4.78, 5) is 28.7. The van der Waals surface area contributed by atoms with E-state index in [0.29, 0.717) is 5.39 Å². The number of H-pyrrole nitrogens is 2. The first-order valence-electron chi connectivity index (χ1n) is 3.89. The molecule has 2 rings (SSSR count). The Balaban J connectivity index is 2.70. The number of nitrogens with zero attached hydrogens (tertiary/aromatic N) is 2. The van der Waals surface area contributed by atoms with E-state index in [-0.39, 0.29) is 18.0 Å². The molecule has 0 spiro atoms. The normalized spacial score (nSPS) is 10.6. The number of nitrogens with two attached hydrogens (primary N) is 1. The van der Waals surface area contributed by atoms with Gasteiger partial charge < -0.3 is 10.7 Å². The summed E-state index contributed by atoms with van der Waals surface area (Å²) in [5, 5.41) is 6.46. The number of fused-ring (bicyclic) bond motifs is 1. The van der Waals surface area contributed by atoms with Gasteiger partial charge in [0.05, 0.1) is 12.7 Å². The van der Waals surface area contributed by atoms with Crippen molar-refractivity contribution in [2.75, 3.05) is 6.54 Å². The molecule has 0 fully saturated rings. The number of ketones is 1. The van der Waals surface area contributed by atoms with Crippen LogP contribution in [0.4, 0.5) is 0 Å². The summed E-state index contributed by atoms with van der Waals surface area (Å²) in [5.74, 6) is -0.465. The minimum Gasteiger partial charge on any atom is -0.324 e. The Hall–Kier alpha value is -2.02. The van der Waals surface area contributed by atoms with Crippen molar-refractivity contribution in [3.63, 3.8) is 0 Å². The van der Waals surface area contributed by atoms with E-state index in [1.165, 1.54) is 6.20 Å². The maximum Gasteiger partial charge on any atom is 0.262 e. The SMILES string of the molecule is NCC(=O)c1nc2[nH]ncc2c(=O)[nH]1. The molecule has 2 heterocycles. The van der Waals surface area contributed by atoms with Crippen LogP contribution in [0.15, 0.2) is 11.0 Å². The van der Waals surface area contributed by atoms with Crippen molar-refractivity contribution < 1.29 is 4.79 Å². The molecule has 0 saturated heterocycles. The van der Waals surface area contributed by atoms with Gasteiger partial charge in [-0.2, -0.15) is 5.10 Å². The first-order valence-corrected chi connectivity index (χ1v) is 3.89. The number of nitrogens with one attached hydrogen (secondary N) is 2. The highest BCUT2D eigenvalue weighted by Gasteiger charge is 2.10. The van der Waals surface area contributed by atoms with Crippen LogP contribution in [-0.4, -0.2) is 32.5 Å². The van der Waals surface area contributed by atoms with Gasteiger partial charge in [0, 0.05) is 0 Å². The highest BCUT2D eigenvalue weighted by atomic mass is 16.1. The lowest BCUT2D eigenvalue weighted by molar-refractivity contribution is 0.0991. The Morgan fingerprint density at radius 3 is 3.07 bits per heavy atom. The zero-order chi connectivity index (χ0) is 10.1. The lowest BCUT2D eigenvalue weighted by Crippen LogP contribution is -2.21. The standard InChI is InChI=1S/C7H7N5O2/c8-1-4(13)6-10-5-3(2-9-12-5)7(14)11-6/h2H,1,8H2,(H2,9,10,11,12,14). The Kier molecular flexibility index (Phi) is 1.86. The van der Waals surface area contributed by atoms with E-state index in [4.69, 9.17) is 5.73 Å². The largest absolute Gasteiger partial charge is 0.324 e. The molecule has 0 bridgehead atoms. The molecule has 0 radical (unpaired) electrons. The van der Waals surface area contributed by atoms with Gasteiger partial charge in [-0.15, -0.1) is 0 Å². The minimum atomic E-state index is -0.418. The lowest BCUT2D eigenvalue weighted by atomic mass is 10.3. The Morgan fingerprint density at radius 2 is 2.36 bits per heavy atom. The van der Waals surface area contributed by atoms with Gasteiger partial charge >= 0.3 is 0 Å². The number of aromatic amines is 2. The summed E-state index contributed by atoms with van der Waals surface area (Å²) < 4.78 is 0. The molecule has 0 atom stereocenters. The fourth-order valence-corrected chi connectivity index (χ4v) is 1.07. The van der Waals surface area contributed by atoms with Gasteiger partial charge in [0.15, 0.2) is 11.5 Å². The molecule has 72 valence electrons. The predicted octanol–water partition coefficient (Wildman–Crippen LogP) is -1.21. The van der Waals surface area contributed by atoms with Crippen molar-refractivity contribution in [2.24, 2.45) is 5.73 Å². The molecule has 0 aromatic carbocycles. The molecule has 0 amide bonds. The Bertz CT molecular complexity index is 540. The van der Waals surface area contributed by atoms with E-state index in [9.17, 15) is 9.59 Å². The van der Waals surface area contributed by atoms with Crippen LogP contribution in [0.5, 0.6) is 0 Å². The van der Waals surface area contributed by atoms with E-state index >= 15 is 0 Å². The average Bonchev–Trinajstić information content (AvgIpc) is 2.64. The van der Waals surface area contributed by atoms with Crippen molar-refractivity contribution in [3.8, 4) is 0 Å². The van der Waals surface area contributed by atoms with Crippen LogP contribution in [0.25, 0.3) is 11.0 Å². The van der Waals surface area contributed by atoms with E-state index in [1.807, 2.05) is 0 Å². The van der Waals surface area contributed by atoms with Crippen molar-refractivity contribution in [1.82, 2.24) is 20.2 Å². The minimum absolute atomic E-state index is 0.0470. The van der Waals surface area contributed by atoms with Crippen LogP contribution >= 0.6 is 0 Å². The fraction of sp³-hybridized carbons (Fsp3) is 0.143. The molecule has 14 heavy (non-hydrogen) atoms. The van der Waals surface area contributed by atoms with Crippen molar-refractivity contribution in [2.45, 2.75) is 0 Å². The van der Waals surface area contributed by atoms with Crippen LogP contribution in [0.2, 0.25) is 0 Å². The summed E-state index contributed by atoms with van der Waals surface area (Å²) >= 11 is 0. The van der Waals surface area contributed by atoms with Gasteiger partial charge in [-0.3, -0.25) is 14.7 Å². The summed E-state index contributed by atoms with van der Waals surface area (Å²) in [7, 11) is 0. The summed E-state index contributed by atoms with van der Waals surface area (Å²) in [6.07, 6.45) is 1.35. The fourth-order valence-electron chi connectivity index (χ4n) is 1.07. The topological polar surface area (TPSA) is 118 Å². The van der Waals surface area contributed by atoms with Gasteiger partial charge in [-0.05, 0) is 0 Å². The van der Waals surface area contributed by atoms with Crippen LogP contribution in [-0.2, 0) is 0 Å². The van der Waals surface area contributed by atoms with Gasteiger partial charge in [0.1, 0.15) is 5.39 Å². The molecule has 0 unspecified atom stereocenters. The number of carbonyl (C=O) groups is 1. The molecular weight excluding hydrogens is 186 g/mol. The molecule has 7 nitrogen and oxygen atoms in total. The Morgan fingerprint density at radius 1 is 1.57 bits per heavy atom. The first kappa shape index (κ1) is 8.57. The van der Waals surface area contributed by atoms with E-state index in [0.717, 1.165) is 0 Å². The zero-order valence-electron chi connectivity index (χ0n) is 7.07. The van der Waals surface area contributed by atoms with Crippen LogP contribution < -0.4 is 11.3 Å². The van der Waals surface area contributed by atoms with Gasteiger partial charge in [0.25, 0.3) is 5.56 Å². The average molecular weight is 193 g/mol. The second-order valence-corrected chi connectivity index (χ2v) is 2.67. The van der Waals surface area contributed by atoms with E-state index in [1.54, 1.807) is 0 Å². The number of hydrogen-bond donors (Lipinski definition) is 3. The van der Waals surface area contributed by atoms with Crippen molar-refractivity contribution in [3.05, 3.63) is 22.4 Å². The smallest absolute Gasteiger partial charge is 0.262 e. The number of Topliss-reactive ketones (excluding diaryl/α,β-unsaturated/α-hetero) is 1. The van der Waals surface area contributed by atoms with Crippen LogP contribution in [0.3, 0.4) is 0 Å². The predicted molar refractivity (Wildman–Crippen MR) is 47.9 cm³/mol. The number of rotatable bonds is 2. The summed E-state index contributed by atoms with van der Waals surface area (Å²) in [6.45, 7) is -0.192. The van der Waals surface area contributed by atoms with Gasteiger partial charge in [0.2, 0.25) is 5.78 Å². The molecule has 7 heteroatoms. The third-order valence-corrected chi connectivity index (χ3v) is 1.77. The summed E-state index contributed by atoms with van der Waals surface area (Å²) in [5.41, 5.74) is 5.02. The molecule has 2 aromatic heterocycles. The van der Waals surface area contributed by atoms with Crippen molar-refractivity contribution in [1.29, 1.82) is 0 Å². The zero-order valence-corrected chi connectivity index (χ0v) is 7.07. The number of hydrogen-bond acceptors (Lipinski definition) is 5. The van der Waals surface area contributed by atoms with Gasteiger partial charge in [-0.1, -0.05) is 0 Å². The first-order chi connectivity index (χ1) is 6.72. The number of carbonyl (C=O) groups excluding carboxylic acids is 1. The van der Waals surface area contributed by atoms with E-state index in [2.05, 4.69) is 20.2 Å². The molecule has 2 aromatic rings. The van der Waals surface area contributed by atoms with E-state index < -0.39 is 11.3 Å². The molecule has 0 saturated carbocycles. The maximum absolute atomic E-state index is 11.3. The third-order valence-electron chi connectivity index (χ3n) is 1.77. The second-order valence-electron chi connectivity index (χ2n) is 2.67. The van der Waals surface area contributed by atoms with Crippen LogP contribution in [0.1, 0.15) is 10.6 Å². The monoisotopic (exact) mass is 193 g/mol. The molecule has 0 aliphatic heterocycles. The number of aromatic nitrogens is 4. The Labute approximate surface area is 77.3 Å². The van der Waals surface area contributed by atoms with Crippen molar-refractivity contribution >= 4 is 16.8 Å². The highest BCUT2D eigenvalue weighted by molar-refractivity contribution is 5.95. The van der Waals surface area contributed by atoms with Crippen LogP contribution in [0, 0.1) is 0 Å². The molecule has 0 aliphatic carbocycles. The molecular formula is C7H7N5O2. The maximum atomic E-state index is 11.3. The molecule has 4 N–H and O–H groups in total. The highest BCUT2D eigenvalue weighted by Crippen LogP contribution is 2.00. The second kappa shape index (κ2) is 3.04. The third kappa shape index (κ3) is 1.19. The lowest BCUT2D eigenvalue weighted by Gasteiger charge is -1.95.